The molecular weight excluding hydrogens is 356 g/mol. The molecule has 0 saturated carbocycles. The Morgan fingerprint density at radius 1 is 1.04 bits per heavy atom. The number of hydrogen-bond donors (Lipinski definition) is 2. The molecule has 2 N–H and O–H groups in total. The molecule has 0 bridgehead atoms. The molecule has 3 rings (SSSR count). The van der Waals surface area contributed by atoms with Crippen molar-refractivity contribution in [2.45, 2.75) is 13.5 Å². The summed E-state index contributed by atoms with van der Waals surface area (Å²) >= 11 is 0. The number of aromatic nitrogens is 2. The predicted octanol–water partition coefficient (Wildman–Crippen LogP) is 3.25. The van der Waals surface area contributed by atoms with Gasteiger partial charge in [-0.15, -0.1) is 0 Å². The van der Waals surface area contributed by atoms with E-state index in [0.29, 0.717) is 23.6 Å². The number of ether oxygens (including phenoxy) is 1. The molecule has 1 aromatic heterocycles. The van der Waals surface area contributed by atoms with Crippen molar-refractivity contribution in [3.63, 3.8) is 0 Å². The summed E-state index contributed by atoms with van der Waals surface area (Å²) in [6, 6.07) is 16.3. The highest BCUT2D eigenvalue weighted by atomic mass is 16.5. The molecule has 0 saturated heterocycles. The normalized spacial score (nSPS) is 10.2. The van der Waals surface area contributed by atoms with Crippen LogP contribution in [0.5, 0.6) is 0 Å². The van der Waals surface area contributed by atoms with Gasteiger partial charge in [-0.3, -0.25) is 4.79 Å². The van der Waals surface area contributed by atoms with Crippen molar-refractivity contribution in [2.24, 2.45) is 0 Å². The van der Waals surface area contributed by atoms with Crippen LogP contribution in [0.25, 0.3) is 0 Å². The van der Waals surface area contributed by atoms with Crippen LogP contribution in [-0.4, -0.2) is 29.0 Å². The van der Waals surface area contributed by atoms with Crippen LogP contribution in [0.15, 0.2) is 60.9 Å². The minimum absolute atomic E-state index is 0.224. The third kappa shape index (κ3) is 4.50. The fourth-order valence-electron chi connectivity index (χ4n) is 2.64. The second kappa shape index (κ2) is 8.77. The number of esters is 1. The lowest BCUT2D eigenvalue weighted by Crippen LogP contribution is -2.24. The molecule has 28 heavy (non-hydrogen) atoms. The van der Waals surface area contributed by atoms with Crippen molar-refractivity contribution >= 4 is 23.4 Å². The van der Waals surface area contributed by atoms with Gasteiger partial charge in [0.2, 0.25) is 0 Å². The van der Waals surface area contributed by atoms with E-state index >= 15 is 0 Å². The molecule has 0 radical (unpaired) electrons. The van der Waals surface area contributed by atoms with Crippen molar-refractivity contribution < 1.29 is 14.3 Å². The van der Waals surface area contributed by atoms with Gasteiger partial charge in [-0.1, -0.05) is 36.4 Å². The Hall–Kier alpha value is -3.74. The first-order valence-electron chi connectivity index (χ1n) is 8.67. The second-order valence-corrected chi connectivity index (χ2v) is 6.06. The molecule has 0 atom stereocenters. The Balaban J connectivity index is 1.73. The quantitative estimate of drug-likeness (QED) is 0.642. The molecule has 7 heteroatoms. The smallest absolute Gasteiger partial charge is 0.339 e. The van der Waals surface area contributed by atoms with Gasteiger partial charge >= 0.3 is 5.97 Å². The summed E-state index contributed by atoms with van der Waals surface area (Å²) in [5, 5.41) is 5.89. The first-order valence-corrected chi connectivity index (χ1v) is 8.67. The van der Waals surface area contributed by atoms with Crippen LogP contribution in [-0.2, 0) is 11.3 Å². The molecular formula is C21H20N4O3. The largest absolute Gasteiger partial charge is 0.465 e. The summed E-state index contributed by atoms with van der Waals surface area (Å²) in [6.45, 7) is 2.40. The highest BCUT2D eigenvalue weighted by Crippen LogP contribution is 2.20. The number of nitrogens with zero attached hydrogens (tertiary/aromatic N) is 2. The van der Waals surface area contributed by atoms with Crippen LogP contribution >= 0.6 is 0 Å². The molecule has 1 amide bonds. The van der Waals surface area contributed by atoms with Gasteiger partial charge in [-0.25, -0.2) is 14.8 Å². The van der Waals surface area contributed by atoms with Crippen LogP contribution in [0.4, 0.5) is 11.5 Å². The summed E-state index contributed by atoms with van der Waals surface area (Å²) in [6.07, 6.45) is 1.30. The van der Waals surface area contributed by atoms with Gasteiger partial charge in [0.05, 0.1) is 18.4 Å². The molecule has 0 fully saturated rings. The second-order valence-electron chi connectivity index (χ2n) is 6.06. The molecule has 7 nitrogen and oxygen atoms in total. The molecule has 142 valence electrons. The van der Waals surface area contributed by atoms with Crippen LogP contribution in [0.1, 0.15) is 32.0 Å². The summed E-state index contributed by atoms with van der Waals surface area (Å²) in [4.78, 5) is 32.5. The zero-order valence-corrected chi connectivity index (χ0v) is 15.6. The zero-order valence-electron chi connectivity index (χ0n) is 15.6. The maximum atomic E-state index is 12.5. The van der Waals surface area contributed by atoms with Gasteiger partial charge in [0.1, 0.15) is 17.8 Å². The number of methoxy groups -OCH3 is 1. The Morgan fingerprint density at radius 2 is 1.79 bits per heavy atom. The molecule has 0 aliphatic heterocycles. The number of para-hydroxylation sites is 1. The summed E-state index contributed by atoms with van der Waals surface area (Å²) in [7, 11) is 1.32. The fourth-order valence-corrected chi connectivity index (χ4v) is 2.64. The van der Waals surface area contributed by atoms with E-state index < -0.39 is 5.97 Å². The van der Waals surface area contributed by atoms with Crippen molar-refractivity contribution in [2.75, 3.05) is 12.4 Å². The number of aryl methyl sites for hydroxylation is 1. The SMILES string of the molecule is COC(=O)c1ccccc1Nc1cc(C(=O)NCc2ccccc2C)ncn1. The van der Waals surface area contributed by atoms with Crippen LogP contribution in [0.3, 0.4) is 0 Å². The third-order valence-electron chi connectivity index (χ3n) is 4.20. The van der Waals surface area contributed by atoms with Gasteiger partial charge in [0.25, 0.3) is 5.91 Å². The van der Waals surface area contributed by atoms with Crippen LogP contribution in [0.2, 0.25) is 0 Å². The minimum Gasteiger partial charge on any atom is -0.465 e. The van der Waals surface area contributed by atoms with E-state index in [1.807, 2.05) is 31.2 Å². The van der Waals surface area contributed by atoms with Crippen molar-refractivity contribution in [1.82, 2.24) is 15.3 Å². The van der Waals surface area contributed by atoms with E-state index in [-0.39, 0.29) is 11.6 Å². The number of benzene rings is 2. The molecule has 0 aliphatic rings. The molecule has 1 heterocycles. The monoisotopic (exact) mass is 376 g/mol. The van der Waals surface area contributed by atoms with Crippen LogP contribution in [0, 0.1) is 6.92 Å². The van der Waals surface area contributed by atoms with Gasteiger partial charge in [0, 0.05) is 12.6 Å². The van der Waals surface area contributed by atoms with Gasteiger partial charge in [-0.05, 0) is 30.2 Å². The van der Waals surface area contributed by atoms with Crippen molar-refractivity contribution in [3.8, 4) is 0 Å². The lowest BCUT2D eigenvalue weighted by Gasteiger charge is -2.11. The average Bonchev–Trinajstić information content (AvgIpc) is 2.73. The Morgan fingerprint density at radius 3 is 2.57 bits per heavy atom. The molecule has 0 spiro atoms. The molecule has 3 aromatic rings. The zero-order chi connectivity index (χ0) is 19.9. The van der Waals surface area contributed by atoms with Gasteiger partial charge in [0.15, 0.2) is 0 Å². The van der Waals surface area contributed by atoms with E-state index in [1.165, 1.54) is 19.5 Å². The number of carbonyl (C=O) groups excluding carboxylic acids is 2. The van der Waals surface area contributed by atoms with Crippen LogP contribution < -0.4 is 10.6 Å². The Bertz CT molecular complexity index is 1000. The average molecular weight is 376 g/mol. The number of amides is 1. The molecule has 2 aromatic carbocycles. The first-order chi connectivity index (χ1) is 13.6. The van der Waals surface area contributed by atoms with E-state index in [9.17, 15) is 9.59 Å². The highest BCUT2D eigenvalue weighted by molar-refractivity contribution is 5.97. The summed E-state index contributed by atoms with van der Waals surface area (Å²) in [5.74, 6) is -0.379. The lowest BCUT2D eigenvalue weighted by atomic mass is 10.1. The highest BCUT2D eigenvalue weighted by Gasteiger charge is 2.13. The third-order valence-corrected chi connectivity index (χ3v) is 4.20. The number of nitrogens with one attached hydrogen (secondary N) is 2. The Kier molecular flexibility index (Phi) is 5.96. The summed E-state index contributed by atoms with van der Waals surface area (Å²) < 4.78 is 4.78. The van der Waals surface area contributed by atoms with E-state index in [1.54, 1.807) is 24.3 Å². The van der Waals surface area contributed by atoms with E-state index in [0.717, 1.165) is 11.1 Å². The maximum absolute atomic E-state index is 12.5. The van der Waals surface area contributed by atoms with Crippen molar-refractivity contribution in [3.05, 3.63) is 83.3 Å². The number of hydrogen-bond acceptors (Lipinski definition) is 6. The minimum atomic E-state index is -0.464. The standard InChI is InChI=1S/C21H20N4O3/c1-14-7-3-4-8-15(14)12-22-20(26)18-11-19(24-13-23-18)25-17-10-6-5-9-16(17)21(27)28-2/h3-11,13H,12H2,1-2H3,(H,22,26)(H,23,24,25). The van der Waals surface area contributed by atoms with Crippen molar-refractivity contribution in [1.29, 1.82) is 0 Å². The number of rotatable bonds is 6. The molecule has 0 aliphatic carbocycles. The number of anilines is 2. The van der Waals surface area contributed by atoms with E-state index in [4.69, 9.17) is 4.74 Å². The fraction of sp³-hybridized carbons (Fsp3) is 0.143. The lowest BCUT2D eigenvalue weighted by molar-refractivity contribution is 0.0601. The topological polar surface area (TPSA) is 93.2 Å². The predicted molar refractivity (Wildman–Crippen MR) is 105 cm³/mol. The van der Waals surface area contributed by atoms with Gasteiger partial charge in [-0.2, -0.15) is 0 Å². The van der Waals surface area contributed by atoms with Gasteiger partial charge < -0.3 is 15.4 Å². The summed E-state index contributed by atoms with van der Waals surface area (Å²) in [5.41, 5.74) is 3.26. The molecule has 0 unspecified atom stereocenters. The number of carbonyl (C=O) groups is 2. The van der Waals surface area contributed by atoms with E-state index in [2.05, 4.69) is 20.6 Å². The maximum Gasteiger partial charge on any atom is 0.339 e. The first kappa shape index (κ1) is 19.0. The Labute approximate surface area is 162 Å².